The molecule has 0 unspecified atom stereocenters. The maximum Gasteiger partial charge on any atom is 0.266 e. The molecule has 0 bridgehead atoms. The highest BCUT2D eigenvalue weighted by Gasteiger charge is 2.30. The van der Waals surface area contributed by atoms with Crippen molar-refractivity contribution >= 4 is 67.8 Å². The maximum atomic E-state index is 12.4. The molecule has 1 aliphatic heterocycles. The molecule has 0 spiro atoms. The predicted octanol–water partition coefficient (Wildman–Crippen LogP) is 5.47. The van der Waals surface area contributed by atoms with Gasteiger partial charge in [-0.3, -0.25) is 14.5 Å². The average molecular weight is 517 g/mol. The van der Waals surface area contributed by atoms with Gasteiger partial charge in [-0.2, -0.15) is 0 Å². The second kappa shape index (κ2) is 10.3. The van der Waals surface area contributed by atoms with E-state index in [-0.39, 0.29) is 18.4 Å². The highest BCUT2D eigenvalue weighted by atomic mass is 79.9. The third-order valence-electron chi connectivity index (χ3n) is 4.49. The summed E-state index contributed by atoms with van der Waals surface area (Å²) in [5, 5.41) is 2.90. The van der Waals surface area contributed by atoms with Crippen LogP contribution in [0.3, 0.4) is 0 Å². The number of benzene rings is 2. The summed E-state index contributed by atoms with van der Waals surface area (Å²) in [5.41, 5.74) is 3.59. The number of amides is 2. The molecule has 2 aromatic rings. The van der Waals surface area contributed by atoms with Crippen molar-refractivity contribution < 1.29 is 14.3 Å². The number of hydrogen-bond acceptors (Lipinski definition) is 5. The Morgan fingerprint density at radius 1 is 1.26 bits per heavy atom. The van der Waals surface area contributed by atoms with Crippen molar-refractivity contribution in [1.82, 2.24) is 4.90 Å². The molecule has 0 radical (unpaired) electrons. The molecule has 1 aliphatic rings. The summed E-state index contributed by atoms with van der Waals surface area (Å²) in [5.74, 6) is 0.213. The maximum absolute atomic E-state index is 12.4. The van der Waals surface area contributed by atoms with E-state index in [1.165, 1.54) is 16.7 Å². The summed E-state index contributed by atoms with van der Waals surface area (Å²) in [6, 6.07) is 11.1. The van der Waals surface area contributed by atoms with Gasteiger partial charge in [0.05, 0.1) is 4.91 Å². The van der Waals surface area contributed by atoms with Gasteiger partial charge < -0.3 is 10.1 Å². The van der Waals surface area contributed by atoms with Gasteiger partial charge in [-0.25, -0.2) is 0 Å². The molecule has 5 nitrogen and oxygen atoms in total. The smallest absolute Gasteiger partial charge is 0.266 e. The van der Waals surface area contributed by atoms with Crippen molar-refractivity contribution in [2.45, 2.75) is 13.8 Å². The fraction of sp³-hybridized carbons (Fsp3) is 0.174. The van der Waals surface area contributed by atoms with Crippen LogP contribution < -0.4 is 10.1 Å². The minimum absolute atomic E-state index is 0.103. The van der Waals surface area contributed by atoms with Gasteiger partial charge in [-0.15, -0.1) is 6.58 Å². The van der Waals surface area contributed by atoms with Gasteiger partial charge in [0, 0.05) is 16.7 Å². The molecule has 0 aromatic heterocycles. The summed E-state index contributed by atoms with van der Waals surface area (Å²) in [4.78, 5) is 26.8. The fourth-order valence-corrected chi connectivity index (χ4v) is 4.99. The van der Waals surface area contributed by atoms with Crippen molar-refractivity contribution in [3.63, 3.8) is 0 Å². The lowest BCUT2D eigenvalue weighted by Crippen LogP contribution is -2.27. The largest absolute Gasteiger partial charge is 0.484 e. The number of nitrogens with one attached hydrogen (secondary N) is 1. The molecule has 3 rings (SSSR count). The molecule has 2 amide bonds. The van der Waals surface area contributed by atoms with Crippen LogP contribution in [-0.2, 0) is 9.59 Å². The second-order valence-corrected chi connectivity index (χ2v) is 9.49. The highest BCUT2D eigenvalue weighted by Crippen LogP contribution is 2.32. The Morgan fingerprint density at radius 2 is 1.90 bits per heavy atom. The molecule has 160 valence electrons. The van der Waals surface area contributed by atoms with Crippen molar-refractivity contribution in [1.29, 1.82) is 0 Å². The van der Waals surface area contributed by atoms with Gasteiger partial charge in [0.15, 0.2) is 6.61 Å². The Hall–Kier alpha value is -2.42. The van der Waals surface area contributed by atoms with Crippen molar-refractivity contribution in [2.24, 2.45) is 0 Å². The van der Waals surface area contributed by atoms with Gasteiger partial charge in [0.1, 0.15) is 10.1 Å². The lowest BCUT2D eigenvalue weighted by Gasteiger charge is -2.13. The molecule has 0 aliphatic carbocycles. The number of halogens is 1. The summed E-state index contributed by atoms with van der Waals surface area (Å²) >= 11 is 9.97. The Morgan fingerprint density at radius 3 is 2.52 bits per heavy atom. The molecular formula is C23H21BrN2O3S2. The van der Waals surface area contributed by atoms with Crippen LogP contribution in [0.4, 0.5) is 5.69 Å². The van der Waals surface area contributed by atoms with Crippen LogP contribution in [-0.4, -0.2) is 34.2 Å². The minimum Gasteiger partial charge on any atom is -0.484 e. The monoisotopic (exact) mass is 516 g/mol. The summed E-state index contributed by atoms with van der Waals surface area (Å²) in [6.07, 6.45) is 3.44. The minimum atomic E-state index is -0.233. The number of nitrogens with zero attached hydrogens (tertiary/aromatic N) is 1. The van der Waals surface area contributed by atoms with E-state index in [2.05, 4.69) is 27.8 Å². The van der Waals surface area contributed by atoms with Crippen LogP contribution >= 0.6 is 39.9 Å². The van der Waals surface area contributed by atoms with Crippen LogP contribution in [0.15, 0.2) is 58.4 Å². The molecule has 0 atom stereocenters. The molecule has 1 heterocycles. The molecule has 1 saturated heterocycles. The first-order valence-electron chi connectivity index (χ1n) is 9.44. The van der Waals surface area contributed by atoms with E-state index in [1.54, 1.807) is 24.3 Å². The molecular weight excluding hydrogens is 496 g/mol. The molecule has 8 heteroatoms. The number of hydrogen-bond donors (Lipinski definition) is 1. The molecule has 2 aromatic carbocycles. The quantitative estimate of drug-likeness (QED) is 0.300. The lowest BCUT2D eigenvalue weighted by atomic mass is 10.1. The van der Waals surface area contributed by atoms with Gasteiger partial charge >= 0.3 is 0 Å². The number of aryl methyl sites for hydroxylation is 2. The van der Waals surface area contributed by atoms with Crippen LogP contribution in [0.25, 0.3) is 6.08 Å². The molecule has 1 N–H and O–H groups in total. The van der Waals surface area contributed by atoms with Crippen LogP contribution in [0, 0.1) is 13.8 Å². The van der Waals surface area contributed by atoms with Gasteiger partial charge in [0.2, 0.25) is 0 Å². The van der Waals surface area contributed by atoms with E-state index < -0.39 is 0 Å². The van der Waals surface area contributed by atoms with E-state index in [4.69, 9.17) is 17.0 Å². The fourth-order valence-electron chi connectivity index (χ4n) is 3.03. The van der Waals surface area contributed by atoms with Crippen LogP contribution in [0.2, 0.25) is 0 Å². The Labute approximate surface area is 199 Å². The number of carbonyl (C=O) groups excluding carboxylic acids is 2. The van der Waals surface area contributed by atoms with E-state index in [0.717, 1.165) is 26.9 Å². The third-order valence-corrected chi connectivity index (χ3v) is 6.33. The summed E-state index contributed by atoms with van der Waals surface area (Å²) in [6.45, 7) is 7.83. The lowest BCUT2D eigenvalue weighted by molar-refractivity contribution is -0.121. The van der Waals surface area contributed by atoms with E-state index in [0.29, 0.717) is 21.5 Å². The first kappa shape index (κ1) is 23.2. The standard InChI is InChI=1S/C23H21BrN2O3S2/c1-4-9-26-22(28)19(31-23(26)30)12-16-5-7-18(8-6-16)29-13-20(27)25-21-14(2)10-17(24)11-15(21)3/h4-8,10-12H,1,9,13H2,2-3H3,(H,25,27)/b19-12-. The Bertz CT molecular complexity index is 1060. The van der Waals surface area contributed by atoms with E-state index >= 15 is 0 Å². The molecule has 1 fully saturated rings. The van der Waals surface area contributed by atoms with Crippen molar-refractivity contribution in [3.05, 3.63) is 75.1 Å². The number of thiocarbonyl (C=S) groups is 1. The van der Waals surface area contributed by atoms with Crippen LogP contribution in [0.1, 0.15) is 16.7 Å². The highest BCUT2D eigenvalue weighted by molar-refractivity contribution is 9.10. The predicted molar refractivity (Wildman–Crippen MR) is 134 cm³/mol. The van der Waals surface area contributed by atoms with Crippen molar-refractivity contribution in [3.8, 4) is 5.75 Å². The zero-order valence-electron chi connectivity index (χ0n) is 17.1. The first-order chi connectivity index (χ1) is 14.8. The van der Waals surface area contributed by atoms with Crippen LogP contribution in [0.5, 0.6) is 5.75 Å². The molecule has 0 saturated carbocycles. The van der Waals surface area contributed by atoms with E-state index in [9.17, 15) is 9.59 Å². The summed E-state index contributed by atoms with van der Waals surface area (Å²) in [7, 11) is 0. The van der Waals surface area contributed by atoms with E-state index in [1.807, 2.05) is 38.1 Å². The van der Waals surface area contributed by atoms with Gasteiger partial charge in [-0.1, -0.05) is 58.1 Å². The second-order valence-electron chi connectivity index (χ2n) is 6.90. The Kier molecular flexibility index (Phi) is 7.69. The zero-order chi connectivity index (χ0) is 22.5. The number of rotatable bonds is 7. The average Bonchev–Trinajstić information content (AvgIpc) is 2.98. The first-order valence-corrected chi connectivity index (χ1v) is 11.5. The van der Waals surface area contributed by atoms with Crippen molar-refractivity contribution in [2.75, 3.05) is 18.5 Å². The Balaban J connectivity index is 1.59. The number of thioether (sulfide) groups is 1. The SMILES string of the molecule is C=CCN1C(=O)/C(=C/c2ccc(OCC(=O)Nc3c(C)cc(Br)cc3C)cc2)SC1=S. The summed E-state index contributed by atoms with van der Waals surface area (Å²) < 4.78 is 7.10. The molecule has 31 heavy (non-hydrogen) atoms. The number of carbonyl (C=O) groups is 2. The normalized spacial score (nSPS) is 14.8. The zero-order valence-corrected chi connectivity index (χ0v) is 20.3. The number of ether oxygens (including phenoxy) is 1. The number of anilines is 1. The topological polar surface area (TPSA) is 58.6 Å². The van der Waals surface area contributed by atoms with Gasteiger partial charge in [0.25, 0.3) is 11.8 Å². The third kappa shape index (κ3) is 5.84. The van der Waals surface area contributed by atoms with Gasteiger partial charge in [-0.05, 0) is 60.9 Å².